The number of amides is 1. The van der Waals surface area contributed by atoms with Gasteiger partial charge in [0, 0.05) is 7.05 Å². The number of rotatable bonds is 2. The number of esters is 1. The van der Waals surface area contributed by atoms with Crippen LogP contribution in [0.25, 0.3) is 0 Å². The number of hydrogen-bond donors (Lipinski definition) is 1. The standard InChI is InChI=1S/C7H10N4O3/c1-11(6(12)7(13)14-2)3-5-8-4-9-10-5/h4H,3H2,1-2H3,(H,8,9,10). The van der Waals surface area contributed by atoms with Gasteiger partial charge < -0.3 is 9.64 Å². The molecule has 0 spiro atoms. The molecule has 1 N–H and O–H groups in total. The summed E-state index contributed by atoms with van der Waals surface area (Å²) in [7, 11) is 2.63. The minimum Gasteiger partial charge on any atom is -0.462 e. The first-order chi connectivity index (χ1) is 6.65. The van der Waals surface area contributed by atoms with Crippen LogP contribution in [0.1, 0.15) is 5.82 Å². The van der Waals surface area contributed by atoms with Crippen molar-refractivity contribution in [3.8, 4) is 0 Å². The number of carbonyl (C=O) groups excluding carboxylic acids is 2. The van der Waals surface area contributed by atoms with E-state index in [1.807, 2.05) is 0 Å². The van der Waals surface area contributed by atoms with Gasteiger partial charge in [-0.25, -0.2) is 9.78 Å². The molecule has 1 rings (SSSR count). The molecule has 0 aliphatic heterocycles. The number of methoxy groups -OCH3 is 1. The highest BCUT2D eigenvalue weighted by Crippen LogP contribution is 1.95. The van der Waals surface area contributed by atoms with Gasteiger partial charge in [0.15, 0.2) is 0 Å². The SMILES string of the molecule is COC(=O)C(=O)N(C)Cc1ncn[nH]1. The first-order valence-corrected chi connectivity index (χ1v) is 3.82. The summed E-state index contributed by atoms with van der Waals surface area (Å²) in [4.78, 5) is 27.0. The Balaban J connectivity index is 2.54. The Labute approximate surface area is 80.1 Å². The highest BCUT2D eigenvalue weighted by atomic mass is 16.5. The monoisotopic (exact) mass is 198 g/mol. The Hall–Kier alpha value is -1.92. The Morgan fingerprint density at radius 2 is 2.36 bits per heavy atom. The molecule has 14 heavy (non-hydrogen) atoms. The van der Waals surface area contributed by atoms with Gasteiger partial charge in [0.2, 0.25) is 0 Å². The van der Waals surface area contributed by atoms with E-state index in [4.69, 9.17) is 0 Å². The molecule has 0 aliphatic rings. The zero-order chi connectivity index (χ0) is 10.6. The van der Waals surface area contributed by atoms with Gasteiger partial charge in [0.25, 0.3) is 0 Å². The maximum atomic E-state index is 11.2. The van der Waals surface area contributed by atoms with Gasteiger partial charge in [-0.1, -0.05) is 0 Å². The van der Waals surface area contributed by atoms with Crippen LogP contribution in [0.5, 0.6) is 0 Å². The Bertz CT molecular complexity index is 322. The van der Waals surface area contributed by atoms with E-state index >= 15 is 0 Å². The van der Waals surface area contributed by atoms with E-state index in [-0.39, 0.29) is 6.54 Å². The normalized spacial score (nSPS) is 9.57. The molecular formula is C7H10N4O3. The third kappa shape index (κ3) is 2.28. The topological polar surface area (TPSA) is 88.2 Å². The van der Waals surface area contributed by atoms with Crippen LogP contribution in [0.3, 0.4) is 0 Å². The van der Waals surface area contributed by atoms with E-state index < -0.39 is 11.9 Å². The molecule has 7 nitrogen and oxygen atoms in total. The molecule has 0 atom stereocenters. The molecule has 1 aromatic heterocycles. The second-order valence-electron chi connectivity index (χ2n) is 2.58. The Morgan fingerprint density at radius 1 is 1.64 bits per heavy atom. The molecule has 0 fully saturated rings. The quantitative estimate of drug-likeness (QED) is 0.483. The second kappa shape index (κ2) is 4.35. The number of aromatic amines is 1. The van der Waals surface area contributed by atoms with Crippen LogP contribution in [0.4, 0.5) is 0 Å². The van der Waals surface area contributed by atoms with Crippen molar-refractivity contribution in [1.29, 1.82) is 0 Å². The molecule has 0 aliphatic carbocycles. The minimum absolute atomic E-state index is 0.188. The number of likely N-dealkylation sites (N-methyl/N-ethyl adjacent to an activating group) is 1. The Morgan fingerprint density at radius 3 is 2.86 bits per heavy atom. The Kier molecular flexibility index (Phi) is 3.16. The molecule has 0 aromatic carbocycles. The predicted octanol–water partition coefficient (Wildman–Crippen LogP) is -1.06. The highest BCUT2D eigenvalue weighted by Gasteiger charge is 2.19. The third-order valence-corrected chi connectivity index (χ3v) is 1.56. The summed E-state index contributed by atoms with van der Waals surface area (Å²) in [5, 5.41) is 6.18. The van der Waals surface area contributed by atoms with Gasteiger partial charge in [0.05, 0.1) is 13.7 Å². The van der Waals surface area contributed by atoms with E-state index in [1.54, 1.807) is 0 Å². The number of H-pyrrole nitrogens is 1. The van der Waals surface area contributed by atoms with Crippen molar-refractivity contribution in [3.05, 3.63) is 12.2 Å². The molecule has 0 bridgehead atoms. The fourth-order valence-electron chi connectivity index (χ4n) is 0.847. The van der Waals surface area contributed by atoms with E-state index in [1.165, 1.54) is 18.3 Å². The van der Waals surface area contributed by atoms with Crippen molar-refractivity contribution in [1.82, 2.24) is 20.1 Å². The molecule has 7 heteroatoms. The molecule has 0 saturated heterocycles. The van der Waals surface area contributed by atoms with Crippen LogP contribution in [-0.2, 0) is 20.9 Å². The number of ether oxygens (including phenoxy) is 1. The lowest BCUT2D eigenvalue weighted by atomic mass is 10.5. The molecule has 76 valence electrons. The number of nitrogens with zero attached hydrogens (tertiary/aromatic N) is 3. The van der Waals surface area contributed by atoms with Crippen LogP contribution >= 0.6 is 0 Å². The predicted molar refractivity (Wildman–Crippen MR) is 44.9 cm³/mol. The zero-order valence-corrected chi connectivity index (χ0v) is 7.85. The molecule has 1 amide bonds. The second-order valence-corrected chi connectivity index (χ2v) is 2.58. The number of nitrogens with one attached hydrogen (secondary N) is 1. The number of aromatic nitrogens is 3. The minimum atomic E-state index is -0.896. The first kappa shape index (κ1) is 10.2. The van der Waals surface area contributed by atoms with Gasteiger partial charge in [0.1, 0.15) is 12.2 Å². The van der Waals surface area contributed by atoms with Crippen molar-refractivity contribution in [3.63, 3.8) is 0 Å². The molecule has 0 saturated carbocycles. The van der Waals surface area contributed by atoms with E-state index in [2.05, 4.69) is 19.9 Å². The molecule has 0 radical (unpaired) electrons. The number of hydrogen-bond acceptors (Lipinski definition) is 5. The maximum Gasteiger partial charge on any atom is 0.396 e. The van der Waals surface area contributed by atoms with Gasteiger partial charge in [-0.2, -0.15) is 5.10 Å². The van der Waals surface area contributed by atoms with Crippen molar-refractivity contribution in [2.45, 2.75) is 6.54 Å². The van der Waals surface area contributed by atoms with Crippen LogP contribution in [-0.4, -0.2) is 46.1 Å². The van der Waals surface area contributed by atoms with Gasteiger partial charge in [-0.15, -0.1) is 0 Å². The fourth-order valence-corrected chi connectivity index (χ4v) is 0.847. The average molecular weight is 198 g/mol. The first-order valence-electron chi connectivity index (χ1n) is 3.82. The summed E-state index contributed by atoms with van der Waals surface area (Å²) in [5.74, 6) is -1.11. The lowest BCUT2D eigenvalue weighted by Gasteiger charge is -2.12. The van der Waals surface area contributed by atoms with Gasteiger partial charge in [-0.3, -0.25) is 9.89 Å². The summed E-state index contributed by atoms with van der Waals surface area (Å²) >= 11 is 0. The molecule has 1 heterocycles. The van der Waals surface area contributed by atoms with Crippen LogP contribution in [0.2, 0.25) is 0 Å². The van der Waals surface area contributed by atoms with E-state index in [0.717, 1.165) is 7.11 Å². The largest absolute Gasteiger partial charge is 0.462 e. The van der Waals surface area contributed by atoms with Crippen LogP contribution in [0.15, 0.2) is 6.33 Å². The average Bonchev–Trinajstić information content (AvgIpc) is 2.68. The lowest BCUT2D eigenvalue weighted by Crippen LogP contribution is -2.33. The van der Waals surface area contributed by atoms with E-state index in [0.29, 0.717) is 5.82 Å². The fraction of sp³-hybridized carbons (Fsp3) is 0.429. The van der Waals surface area contributed by atoms with Crippen LogP contribution < -0.4 is 0 Å². The summed E-state index contributed by atoms with van der Waals surface area (Å²) in [6.07, 6.45) is 1.33. The van der Waals surface area contributed by atoms with Crippen LogP contribution in [0, 0.1) is 0 Å². The number of carbonyl (C=O) groups is 2. The van der Waals surface area contributed by atoms with Crippen molar-refractivity contribution < 1.29 is 14.3 Å². The smallest absolute Gasteiger partial charge is 0.396 e. The molecule has 0 unspecified atom stereocenters. The van der Waals surface area contributed by atoms with Crippen molar-refractivity contribution in [2.24, 2.45) is 0 Å². The summed E-state index contributed by atoms with van der Waals surface area (Å²) in [5.41, 5.74) is 0. The summed E-state index contributed by atoms with van der Waals surface area (Å²) in [6, 6.07) is 0. The van der Waals surface area contributed by atoms with E-state index in [9.17, 15) is 9.59 Å². The van der Waals surface area contributed by atoms with Gasteiger partial charge >= 0.3 is 11.9 Å². The highest BCUT2D eigenvalue weighted by molar-refractivity contribution is 6.32. The van der Waals surface area contributed by atoms with Crippen molar-refractivity contribution >= 4 is 11.9 Å². The maximum absolute atomic E-state index is 11.2. The zero-order valence-electron chi connectivity index (χ0n) is 7.85. The molecular weight excluding hydrogens is 188 g/mol. The summed E-state index contributed by atoms with van der Waals surface area (Å²) in [6.45, 7) is 0.188. The van der Waals surface area contributed by atoms with Crippen molar-refractivity contribution in [2.75, 3.05) is 14.2 Å². The van der Waals surface area contributed by atoms with Gasteiger partial charge in [-0.05, 0) is 0 Å². The molecule has 1 aromatic rings. The summed E-state index contributed by atoms with van der Waals surface area (Å²) < 4.78 is 4.28. The third-order valence-electron chi connectivity index (χ3n) is 1.56. The lowest BCUT2D eigenvalue weighted by molar-refractivity contribution is -0.157.